The smallest absolute Gasteiger partial charge is 0.272 e. The van der Waals surface area contributed by atoms with E-state index in [9.17, 15) is 9.59 Å². The predicted octanol–water partition coefficient (Wildman–Crippen LogP) is 3.59. The summed E-state index contributed by atoms with van der Waals surface area (Å²) in [4.78, 5) is 26.9. The average Bonchev–Trinajstić information content (AvgIpc) is 2.92. The number of hydrogen-bond donors (Lipinski definition) is 3. The van der Waals surface area contributed by atoms with Crippen LogP contribution in [0.1, 0.15) is 26.4 Å². The van der Waals surface area contributed by atoms with E-state index in [-0.39, 0.29) is 5.91 Å². The number of benzene rings is 2. The fourth-order valence-corrected chi connectivity index (χ4v) is 2.83. The second kappa shape index (κ2) is 5.89. The van der Waals surface area contributed by atoms with E-state index in [0.717, 1.165) is 15.4 Å². The van der Waals surface area contributed by atoms with Crippen molar-refractivity contribution in [1.29, 1.82) is 0 Å². The van der Waals surface area contributed by atoms with Crippen molar-refractivity contribution in [1.82, 2.24) is 4.98 Å². The summed E-state index contributed by atoms with van der Waals surface area (Å²) >= 11 is 3.41. The van der Waals surface area contributed by atoms with Gasteiger partial charge in [0.1, 0.15) is 5.69 Å². The van der Waals surface area contributed by atoms with Crippen molar-refractivity contribution in [3.8, 4) is 0 Å². The minimum atomic E-state index is -0.519. The number of fused-ring (bicyclic) bond motifs is 1. The van der Waals surface area contributed by atoms with Gasteiger partial charge in [-0.15, -0.1) is 0 Å². The van der Waals surface area contributed by atoms with Gasteiger partial charge in [-0.2, -0.15) is 0 Å². The lowest BCUT2D eigenvalue weighted by Crippen LogP contribution is -2.17. The van der Waals surface area contributed by atoms with Crippen LogP contribution in [-0.2, 0) is 0 Å². The third-order valence-electron chi connectivity index (χ3n) is 3.67. The van der Waals surface area contributed by atoms with Gasteiger partial charge in [0.2, 0.25) is 5.91 Å². The Hall–Kier alpha value is -2.60. The van der Waals surface area contributed by atoms with Crippen LogP contribution in [0.2, 0.25) is 0 Å². The zero-order valence-corrected chi connectivity index (χ0v) is 13.9. The van der Waals surface area contributed by atoms with Crippen LogP contribution < -0.4 is 11.1 Å². The molecule has 0 saturated carbocycles. The molecule has 3 rings (SSSR count). The van der Waals surface area contributed by atoms with Gasteiger partial charge in [0, 0.05) is 26.6 Å². The number of aromatic nitrogens is 1. The quantitative estimate of drug-likeness (QED) is 0.656. The molecule has 5 nitrogen and oxygen atoms in total. The standard InChI is InChI=1S/C17H14BrN3O2/c1-9-12(16(19)22)3-2-4-13(9)21-17(23)15-8-10-7-11(18)5-6-14(10)20-15/h2-8,20H,1H3,(H2,19,22)(H,21,23). The second-order valence-electron chi connectivity index (χ2n) is 5.21. The molecule has 2 amide bonds. The fourth-order valence-electron chi connectivity index (χ4n) is 2.45. The van der Waals surface area contributed by atoms with Crippen LogP contribution in [0.15, 0.2) is 46.9 Å². The number of rotatable bonds is 3. The molecule has 0 fully saturated rings. The van der Waals surface area contributed by atoms with Crippen LogP contribution in [-0.4, -0.2) is 16.8 Å². The Morgan fingerprint density at radius 1 is 1.17 bits per heavy atom. The van der Waals surface area contributed by atoms with Crippen molar-refractivity contribution >= 4 is 44.3 Å². The molecular formula is C17H14BrN3O2. The molecule has 0 aliphatic rings. The van der Waals surface area contributed by atoms with E-state index in [1.807, 2.05) is 18.2 Å². The maximum Gasteiger partial charge on any atom is 0.272 e. The first-order chi connectivity index (χ1) is 11.0. The molecule has 6 heteroatoms. The topological polar surface area (TPSA) is 88.0 Å². The Kier molecular flexibility index (Phi) is 3.92. The molecule has 2 aromatic carbocycles. The molecule has 0 atom stereocenters. The SMILES string of the molecule is Cc1c(NC(=O)c2cc3cc(Br)ccc3[nH]2)cccc1C(N)=O. The summed E-state index contributed by atoms with van der Waals surface area (Å²) in [5.41, 5.74) is 8.25. The Bertz CT molecular complexity index is 931. The number of H-pyrrole nitrogens is 1. The molecule has 0 saturated heterocycles. The van der Waals surface area contributed by atoms with E-state index < -0.39 is 5.91 Å². The number of halogens is 1. The predicted molar refractivity (Wildman–Crippen MR) is 93.6 cm³/mol. The monoisotopic (exact) mass is 371 g/mol. The Labute approximate surface area is 141 Å². The molecule has 0 radical (unpaired) electrons. The average molecular weight is 372 g/mol. The maximum absolute atomic E-state index is 12.4. The van der Waals surface area contributed by atoms with E-state index in [2.05, 4.69) is 26.2 Å². The van der Waals surface area contributed by atoms with Gasteiger partial charge in [0.15, 0.2) is 0 Å². The lowest BCUT2D eigenvalue weighted by molar-refractivity contribution is 0.0995. The number of aromatic amines is 1. The zero-order chi connectivity index (χ0) is 16.6. The van der Waals surface area contributed by atoms with Crippen molar-refractivity contribution in [2.24, 2.45) is 5.73 Å². The molecule has 23 heavy (non-hydrogen) atoms. The molecule has 1 heterocycles. The van der Waals surface area contributed by atoms with Crippen LogP contribution in [0.3, 0.4) is 0 Å². The number of nitrogens with two attached hydrogens (primary N) is 1. The number of primary amides is 1. The molecule has 0 bridgehead atoms. The Morgan fingerprint density at radius 2 is 1.96 bits per heavy atom. The van der Waals surface area contributed by atoms with Crippen molar-refractivity contribution in [3.05, 3.63) is 63.8 Å². The number of hydrogen-bond acceptors (Lipinski definition) is 2. The van der Waals surface area contributed by atoms with Crippen molar-refractivity contribution in [2.45, 2.75) is 6.92 Å². The third kappa shape index (κ3) is 2.98. The zero-order valence-electron chi connectivity index (χ0n) is 12.3. The highest BCUT2D eigenvalue weighted by atomic mass is 79.9. The summed E-state index contributed by atoms with van der Waals surface area (Å²) in [7, 11) is 0. The molecular weight excluding hydrogens is 358 g/mol. The van der Waals surface area contributed by atoms with Crippen LogP contribution in [0.4, 0.5) is 5.69 Å². The van der Waals surface area contributed by atoms with E-state index in [1.54, 1.807) is 31.2 Å². The molecule has 4 N–H and O–H groups in total. The minimum Gasteiger partial charge on any atom is -0.366 e. The van der Waals surface area contributed by atoms with Crippen LogP contribution in [0.25, 0.3) is 10.9 Å². The fraction of sp³-hybridized carbons (Fsp3) is 0.0588. The maximum atomic E-state index is 12.4. The normalized spacial score (nSPS) is 10.7. The first-order valence-electron chi connectivity index (χ1n) is 6.95. The highest BCUT2D eigenvalue weighted by molar-refractivity contribution is 9.10. The summed E-state index contributed by atoms with van der Waals surface area (Å²) < 4.78 is 0.945. The molecule has 1 aromatic heterocycles. The molecule has 0 aliphatic heterocycles. The van der Waals surface area contributed by atoms with Gasteiger partial charge in [-0.1, -0.05) is 22.0 Å². The minimum absolute atomic E-state index is 0.276. The van der Waals surface area contributed by atoms with Gasteiger partial charge >= 0.3 is 0 Å². The summed E-state index contributed by atoms with van der Waals surface area (Å²) in [5.74, 6) is -0.795. The summed E-state index contributed by atoms with van der Waals surface area (Å²) in [5, 5.41) is 3.74. The largest absolute Gasteiger partial charge is 0.366 e. The van der Waals surface area contributed by atoms with E-state index in [1.165, 1.54) is 0 Å². The van der Waals surface area contributed by atoms with E-state index in [0.29, 0.717) is 22.5 Å². The molecule has 0 spiro atoms. The second-order valence-corrected chi connectivity index (χ2v) is 6.13. The van der Waals surface area contributed by atoms with Crippen molar-refractivity contribution in [3.63, 3.8) is 0 Å². The summed E-state index contributed by atoms with van der Waals surface area (Å²) in [6.45, 7) is 1.75. The van der Waals surface area contributed by atoms with E-state index >= 15 is 0 Å². The van der Waals surface area contributed by atoms with Crippen LogP contribution in [0.5, 0.6) is 0 Å². The molecule has 0 aliphatic carbocycles. The lowest BCUT2D eigenvalue weighted by Gasteiger charge is -2.10. The third-order valence-corrected chi connectivity index (χ3v) is 4.17. The first-order valence-corrected chi connectivity index (χ1v) is 7.74. The van der Waals surface area contributed by atoms with Crippen LogP contribution >= 0.6 is 15.9 Å². The molecule has 3 aromatic rings. The van der Waals surface area contributed by atoms with Crippen molar-refractivity contribution < 1.29 is 9.59 Å². The number of amides is 2. The Morgan fingerprint density at radius 3 is 2.70 bits per heavy atom. The van der Waals surface area contributed by atoms with Crippen molar-refractivity contribution in [2.75, 3.05) is 5.32 Å². The number of carbonyl (C=O) groups is 2. The summed E-state index contributed by atoms with van der Waals surface area (Å²) in [6.07, 6.45) is 0. The number of anilines is 1. The Balaban J connectivity index is 1.92. The molecule has 116 valence electrons. The molecule has 0 unspecified atom stereocenters. The lowest BCUT2D eigenvalue weighted by atomic mass is 10.1. The van der Waals surface area contributed by atoms with Gasteiger partial charge in [-0.3, -0.25) is 9.59 Å². The van der Waals surface area contributed by atoms with Gasteiger partial charge in [0.05, 0.1) is 0 Å². The van der Waals surface area contributed by atoms with Crippen LogP contribution in [0, 0.1) is 6.92 Å². The highest BCUT2D eigenvalue weighted by Crippen LogP contribution is 2.22. The number of nitrogens with one attached hydrogen (secondary N) is 2. The highest BCUT2D eigenvalue weighted by Gasteiger charge is 2.13. The van der Waals surface area contributed by atoms with E-state index in [4.69, 9.17) is 5.73 Å². The van der Waals surface area contributed by atoms with Gasteiger partial charge in [0.25, 0.3) is 5.91 Å². The number of carbonyl (C=O) groups excluding carboxylic acids is 2. The van der Waals surface area contributed by atoms with Gasteiger partial charge < -0.3 is 16.0 Å². The van der Waals surface area contributed by atoms with Gasteiger partial charge in [-0.25, -0.2) is 0 Å². The summed E-state index contributed by atoms with van der Waals surface area (Å²) in [6, 6.07) is 12.6. The first kappa shape index (κ1) is 15.3. The van der Waals surface area contributed by atoms with Gasteiger partial charge in [-0.05, 0) is 48.9 Å².